The van der Waals surface area contributed by atoms with E-state index in [2.05, 4.69) is 29.1 Å². The van der Waals surface area contributed by atoms with Crippen LogP contribution in [0.2, 0.25) is 0 Å². The summed E-state index contributed by atoms with van der Waals surface area (Å²) < 4.78 is 7.19. The third-order valence-corrected chi connectivity index (χ3v) is 4.14. The van der Waals surface area contributed by atoms with E-state index in [0.717, 1.165) is 23.2 Å². The van der Waals surface area contributed by atoms with Crippen LogP contribution in [0.5, 0.6) is 0 Å². The molecule has 3 rings (SSSR count). The van der Waals surface area contributed by atoms with Gasteiger partial charge < -0.3 is 4.52 Å². The molecule has 2 heterocycles. The molecule has 108 valence electrons. The first-order valence-corrected chi connectivity index (χ1v) is 7.40. The second kappa shape index (κ2) is 5.38. The van der Waals surface area contributed by atoms with Gasteiger partial charge in [0.2, 0.25) is 5.89 Å². The molecule has 1 aliphatic rings. The summed E-state index contributed by atoms with van der Waals surface area (Å²) in [6.07, 6.45) is 8.16. The Hall–Kier alpha value is -1.65. The molecule has 20 heavy (non-hydrogen) atoms. The Balaban J connectivity index is 1.70. The number of hydrogen-bond acceptors (Lipinski definition) is 4. The summed E-state index contributed by atoms with van der Waals surface area (Å²) in [5.41, 5.74) is 1.10. The number of nitrogens with zero attached hydrogens (tertiary/aromatic N) is 4. The molecule has 0 aliphatic heterocycles. The molecule has 2 aromatic heterocycles. The van der Waals surface area contributed by atoms with Gasteiger partial charge in [-0.1, -0.05) is 19.0 Å². The second-order valence-electron chi connectivity index (χ2n) is 6.36. The van der Waals surface area contributed by atoms with E-state index in [9.17, 15) is 0 Å². The smallest absolute Gasteiger partial charge is 0.231 e. The monoisotopic (exact) mass is 274 g/mol. The van der Waals surface area contributed by atoms with Crippen LogP contribution >= 0.6 is 0 Å². The van der Waals surface area contributed by atoms with Crippen molar-refractivity contribution in [2.45, 2.75) is 45.4 Å². The van der Waals surface area contributed by atoms with Gasteiger partial charge in [-0.25, -0.2) is 0 Å². The van der Waals surface area contributed by atoms with Crippen LogP contribution in [0.25, 0.3) is 0 Å². The van der Waals surface area contributed by atoms with E-state index < -0.39 is 0 Å². The third-order valence-electron chi connectivity index (χ3n) is 4.14. The highest BCUT2D eigenvalue weighted by molar-refractivity contribution is 5.10. The van der Waals surface area contributed by atoms with Gasteiger partial charge in [-0.05, 0) is 36.7 Å². The molecule has 2 aromatic rings. The number of aromatic nitrogens is 4. The minimum absolute atomic E-state index is 0.458. The first-order chi connectivity index (χ1) is 9.60. The van der Waals surface area contributed by atoms with Gasteiger partial charge in [-0.3, -0.25) is 4.68 Å². The van der Waals surface area contributed by atoms with E-state index in [1.54, 1.807) is 4.68 Å². The average Bonchev–Trinajstić information content (AvgIpc) is 2.98. The van der Waals surface area contributed by atoms with E-state index in [4.69, 9.17) is 4.52 Å². The van der Waals surface area contributed by atoms with Crippen molar-refractivity contribution in [3.8, 4) is 0 Å². The molecule has 5 heteroatoms. The van der Waals surface area contributed by atoms with Crippen molar-refractivity contribution in [3.63, 3.8) is 0 Å². The average molecular weight is 274 g/mol. The standard InChI is InChI=1S/C15H22N4O/c1-10-4-11(2)6-13(5-10)15-17-14(20-18-15)7-12-8-16-19(3)9-12/h8-11,13H,4-7H2,1-3H3/t10-,11+,13?. The van der Waals surface area contributed by atoms with Crippen molar-refractivity contribution in [3.05, 3.63) is 29.7 Å². The quantitative estimate of drug-likeness (QED) is 0.863. The van der Waals surface area contributed by atoms with E-state index in [-0.39, 0.29) is 0 Å². The van der Waals surface area contributed by atoms with Gasteiger partial charge >= 0.3 is 0 Å². The molecule has 1 fully saturated rings. The minimum Gasteiger partial charge on any atom is -0.339 e. The normalized spacial score (nSPS) is 26.9. The topological polar surface area (TPSA) is 56.7 Å². The Bertz CT molecular complexity index is 564. The van der Waals surface area contributed by atoms with Crippen LogP contribution < -0.4 is 0 Å². The fourth-order valence-electron chi connectivity index (χ4n) is 3.40. The van der Waals surface area contributed by atoms with Crippen LogP contribution in [0.4, 0.5) is 0 Å². The predicted molar refractivity (Wildman–Crippen MR) is 75.2 cm³/mol. The highest BCUT2D eigenvalue weighted by Crippen LogP contribution is 2.37. The Labute approximate surface area is 119 Å². The Kier molecular flexibility index (Phi) is 3.59. The lowest BCUT2D eigenvalue weighted by Gasteiger charge is -2.29. The lowest BCUT2D eigenvalue weighted by molar-refractivity contribution is 0.257. The van der Waals surface area contributed by atoms with E-state index in [1.807, 2.05) is 19.4 Å². The molecule has 1 aliphatic carbocycles. The Morgan fingerprint density at radius 3 is 2.65 bits per heavy atom. The molecular formula is C15H22N4O. The van der Waals surface area contributed by atoms with Crippen LogP contribution in [0, 0.1) is 11.8 Å². The SMILES string of the molecule is C[C@@H]1CC(c2noc(Cc3cnn(C)c3)n2)C[C@H](C)C1. The van der Waals surface area contributed by atoms with Crippen molar-refractivity contribution in [2.24, 2.45) is 18.9 Å². The van der Waals surface area contributed by atoms with Crippen molar-refractivity contribution in [1.29, 1.82) is 0 Å². The summed E-state index contributed by atoms with van der Waals surface area (Å²) in [6, 6.07) is 0. The molecule has 0 spiro atoms. The van der Waals surface area contributed by atoms with Crippen LogP contribution in [0.3, 0.4) is 0 Å². The summed E-state index contributed by atoms with van der Waals surface area (Å²) >= 11 is 0. The van der Waals surface area contributed by atoms with Gasteiger partial charge in [0.15, 0.2) is 5.82 Å². The molecule has 0 aromatic carbocycles. The Morgan fingerprint density at radius 2 is 2.00 bits per heavy atom. The van der Waals surface area contributed by atoms with E-state index >= 15 is 0 Å². The van der Waals surface area contributed by atoms with Crippen molar-refractivity contribution in [2.75, 3.05) is 0 Å². The fourth-order valence-corrected chi connectivity index (χ4v) is 3.40. The largest absolute Gasteiger partial charge is 0.339 e. The summed E-state index contributed by atoms with van der Waals surface area (Å²) in [7, 11) is 1.91. The van der Waals surface area contributed by atoms with E-state index in [0.29, 0.717) is 18.2 Å². The lowest BCUT2D eigenvalue weighted by Crippen LogP contribution is -2.19. The zero-order chi connectivity index (χ0) is 14.1. The van der Waals surface area contributed by atoms with E-state index in [1.165, 1.54) is 19.3 Å². The van der Waals surface area contributed by atoms with Crippen LogP contribution in [-0.4, -0.2) is 19.9 Å². The number of hydrogen-bond donors (Lipinski definition) is 0. The first kappa shape index (κ1) is 13.3. The molecule has 5 nitrogen and oxygen atoms in total. The molecule has 3 atom stereocenters. The number of aryl methyl sites for hydroxylation is 1. The highest BCUT2D eigenvalue weighted by Gasteiger charge is 2.28. The van der Waals surface area contributed by atoms with Gasteiger partial charge in [0.1, 0.15) is 0 Å². The lowest BCUT2D eigenvalue weighted by atomic mass is 9.76. The molecule has 0 bridgehead atoms. The number of rotatable bonds is 3. The maximum Gasteiger partial charge on any atom is 0.231 e. The van der Waals surface area contributed by atoms with Crippen LogP contribution in [0.1, 0.15) is 56.3 Å². The molecule has 1 unspecified atom stereocenters. The summed E-state index contributed by atoms with van der Waals surface area (Å²) in [5, 5.41) is 8.35. The zero-order valence-electron chi connectivity index (χ0n) is 12.4. The van der Waals surface area contributed by atoms with Crippen molar-refractivity contribution >= 4 is 0 Å². The molecular weight excluding hydrogens is 252 g/mol. The van der Waals surface area contributed by atoms with Crippen LogP contribution in [-0.2, 0) is 13.5 Å². The molecule has 0 N–H and O–H groups in total. The maximum absolute atomic E-state index is 5.40. The summed E-state index contributed by atoms with van der Waals surface area (Å²) in [6.45, 7) is 4.64. The fraction of sp³-hybridized carbons (Fsp3) is 0.667. The molecule has 0 amide bonds. The molecule has 1 saturated carbocycles. The maximum atomic E-state index is 5.40. The highest BCUT2D eigenvalue weighted by atomic mass is 16.5. The summed E-state index contributed by atoms with van der Waals surface area (Å²) in [5.74, 6) is 3.55. The van der Waals surface area contributed by atoms with Crippen molar-refractivity contribution in [1.82, 2.24) is 19.9 Å². The molecule has 0 radical (unpaired) electrons. The minimum atomic E-state index is 0.458. The van der Waals surface area contributed by atoms with Crippen LogP contribution in [0.15, 0.2) is 16.9 Å². The first-order valence-electron chi connectivity index (χ1n) is 7.40. The second-order valence-corrected chi connectivity index (χ2v) is 6.36. The predicted octanol–water partition coefficient (Wildman–Crippen LogP) is 2.93. The third kappa shape index (κ3) is 2.92. The summed E-state index contributed by atoms with van der Waals surface area (Å²) in [4.78, 5) is 4.59. The zero-order valence-corrected chi connectivity index (χ0v) is 12.4. The van der Waals surface area contributed by atoms with Gasteiger partial charge in [-0.15, -0.1) is 0 Å². The van der Waals surface area contributed by atoms with Gasteiger partial charge in [-0.2, -0.15) is 10.1 Å². The van der Waals surface area contributed by atoms with Gasteiger partial charge in [0.05, 0.1) is 12.6 Å². The molecule has 0 saturated heterocycles. The Morgan fingerprint density at radius 1 is 1.25 bits per heavy atom. The van der Waals surface area contributed by atoms with Gasteiger partial charge in [0, 0.05) is 19.2 Å². The van der Waals surface area contributed by atoms with Crippen molar-refractivity contribution < 1.29 is 4.52 Å². The van der Waals surface area contributed by atoms with Gasteiger partial charge in [0.25, 0.3) is 0 Å².